The first-order valence-electron chi connectivity index (χ1n) is 6.54. The van der Waals surface area contributed by atoms with Crippen molar-refractivity contribution in [2.24, 2.45) is 11.7 Å². The van der Waals surface area contributed by atoms with Crippen LogP contribution in [0.2, 0.25) is 0 Å². The van der Waals surface area contributed by atoms with Gasteiger partial charge in [-0.3, -0.25) is 0 Å². The van der Waals surface area contributed by atoms with E-state index in [0.29, 0.717) is 18.4 Å². The van der Waals surface area contributed by atoms with Crippen molar-refractivity contribution in [2.75, 3.05) is 0 Å². The number of fused-ring (bicyclic) bond motifs is 1. The Balaban J connectivity index is 0.00000180. The molecular weight excluding hydrogens is 472 g/mol. The fraction of sp³-hybridized carbons (Fsp3) is 0.438. The largest absolute Gasteiger partial charge is 2.00 e. The van der Waals surface area contributed by atoms with E-state index in [1.165, 1.54) is 11.1 Å². The molecule has 0 aliphatic carbocycles. The topological polar surface area (TPSA) is 43.3 Å². The van der Waals surface area contributed by atoms with Gasteiger partial charge in [-0.25, -0.2) is 4.98 Å². The molecule has 2 heterocycles. The molecular formula is C16H25N3U. The number of hydrogen-bond acceptors (Lipinski definition) is 2. The van der Waals surface area contributed by atoms with Gasteiger partial charge in [0.1, 0.15) is 5.65 Å². The molecule has 0 saturated heterocycles. The van der Waals surface area contributed by atoms with Crippen molar-refractivity contribution in [2.45, 2.75) is 39.7 Å². The molecule has 0 aromatic carbocycles. The summed E-state index contributed by atoms with van der Waals surface area (Å²) in [4.78, 5) is 4.59. The van der Waals surface area contributed by atoms with Gasteiger partial charge in [0, 0.05) is 18.9 Å². The van der Waals surface area contributed by atoms with E-state index in [0.717, 1.165) is 17.8 Å². The van der Waals surface area contributed by atoms with E-state index in [2.05, 4.69) is 49.3 Å². The second kappa shape index (κ2) is 8.22. The van der Waals surface area contributed by atoms with Crippen molar-refractivity contribution < 1.29 is 31.1 Å². The van der Waals surface area contributed by atoms with Gasteiger partial charge < -0.3 is 24.5 Å². The van der Waals surface area contributed by atoms with Crippen molar-refractivity contribution in [3.05, 3.63) is 49.6 Å². The van der Waals surface area contributed by atoms with E-state index >= 15 is 0 Å². The van der Waals surface area contributed by atoms with Crippen LogP contribution in [0.25, 0.3) is 5.65 Å². The van der Waals surface area contributed by atoms with Gasteiger partial charge in [-0.15, -0.1) is 0 Å². The molecule has 4 heteroatoms. The monoisotopic (exact) mass is 497 g/mol. The van der Waals surface area contributed by atoms with Crippen LogP contribution in [0, 0.1) is 51.4 Å². The van der Waals surface area contributed by atoms with Crippen LogP contribution in [0.1, 0.15) is 43.5 Å². The molecule has 2 aromatic heterocycles. The first-order valence-corrected chi connectivity index (χ1v) is 6.54. The summed E-state index contributed by atoms with van der Waals surface area (Å²) < 4.78 is 2.11. The van der Waals surface area contributed by atoms with Crippen LogP contribution in [0.4, 0.5) is 0 Å². The summed E-state index contributed by atoms with van der Waals surface area (Å²) in [6, 6.07) is 2.26. The van der Waals surface area contributed by atoms with Crippen LogP contribution >= 0.6 is 0 Å². The minimum Gasteiger partial charge on any atom is -0.358 e. The molecule has 0 radical (unpaired) electrons. The smallest absolute Gasteiger partial charge is 0.358 e. The third kappa shape index (κ3) is 4.35. The Morgan fingerprint density at radius 3 is 2.45 bits per heavy atom. The average Bonchev–Trinajstić information content (AvgIpc) is 2.71. The molecule has 3 nitrogen and oxygen atoms in total. The van der Waals surface area contributed by atoms with E-state index in [1.54, 1.807) is 0 Å². The Morgan fingerprint density at radius 1 is 1.30 bits per heavy atom. The molecule has 0 aliphatic rings. The number of rotatable bonds is 4. The molecule has 20 heavy (non-hydrogen) atoms. The Labute approximate surface area is 146 Å². The van der Waals surface area contributed by atoms with Gasteiger partial charge in [-0.1, -0.05) is 26.8 Å². The predicted octanol–water partition coefficient (Wildman–Crippen LogP) is 3.38. The normalized spacial score (nSPS) is 12.1. The quantitative estimate of drug-likeness (QED) is 0.659. The zero-order valence-electron chi connectivity index (χ0n) is 13.0. The number of nitrogens with two attached hydrogens (primary N) is 1. The summed E-state index contributed by atoms with van der Waals surface area (Å²) in [5, 5.41) is 0. The number of pyridine rings is 1. The number of aromatic nitrogens is 2. The van der Waals surface area contributed by atoms with Crippen LogP contribution in [0.3, 0.4) is 0 Å². The standard InChI is InChI=1S/C15H22N3.CH3.U/c1-10(2)5-12-6-13(11(3)4)8-18-9-14(7-16)17-15(12)18;;/h6,8-11H,1,5,7,16H2,2-4H3;1H3;/q2*-1;+2. The maximum absolute atomic E-state index is 5.67. The number of hydrogen-bond donors (Lipinski definition) is 1. The van der Waals surface area contributed by atoms with Gasteiger partial charge in [0.05, 0.1) is 5.69 Å². The minimum atomic E-state index is 0. The van der Waals surface area contributed by atoms with E-state index in [4.69, 9.17) is 5.73 Å². The van der Waals surface area contributed by atoms with E-state index in [-0.39, 0.29) is 38.5 Å². The van der Waals surface area contributed by atoms with Crippen LogP contribution in [0.5, 0.6) is 0 Å². The molecule has 108 valence electrons. The summed E-state index contributed by atoms with van der Waals surface area (Å²) in [5.74, 6) is 0.895. The second-order valence-corrected chi connectivity index (χ2v) is 5.43. The van der Waals surface area contributed by atoms with E-state index < -0.39 is 0 Å². The molecule has 2 rings (SSSR count). The van der Waals surface area contributed by atoms with Gasteiger partial charge >= 0.3 is 31.1 Å². The van der Waals surface area contributed by atoms with Crippen molar-refractivity contribution in [3.8, 4) is 0 Å². The van der Waals surface area contributed by atoms with Crippen molar-refractivity contribution >= 4 is 5.65 Å². The fourth-order valence-corrected chi connectivity index (χ4v) is 2.18. The summed E-state index contributed by atoms with van der Waals surface area (Å²) in [7, 11) is 0. The Hall–Kier alpha value is -0.298. The second-order valence-electron chi connectivity index (χ2n) is 5.43. The van der Waals surface area contributed by atoms with Crippen LogP contribution in [-0.4, -0.2) is 9.38 Å². The first kappa shape index (κ1) is 19.7. The van der Waals surface area contributed by atoms with Gasteiger partial charge in [0.25, 0.3) is 0 Å². The Morgan fingerprint density at radius 2 is 1.95 bits per heavy atom. The molecule has 1 atom stereocenters. The van der Waals surface area contributed by atoms with E-state index in [9.17, 15) is 0 Å². The van der Waals surface area contributed by atoms with Gasteiger partial charge in [0.2, 0.25) is 0 Å². The number of imidazole rings is 1. The van der Waals surface area contributed by atoms with Crippen LogP contribution in [-0.2, 0) is 13.0 Å². The summed E-state index contributed by atoms with van der Waals surface area (Å²) >= 11 is 0. The van der Waals surface area contributed by atoms with E-state index in [1.807, 2.05) is 6.20 Å². The Kier molecular flexibility index (Phi) is 8.10. The average molecular weight is 497 g/mol. The first-order chi connectivity index (χ1) is 8.51. The third-order valence-corrected chi connectivity index (χ3v) is 3.14. The molecule has 1 unspecified atom stereocenters. The third-order valence-electron chi connectivity index (χ3n) is 3.14. The number of nitrogens with zero attached hydrogens (tertiary/aromatic N) is 2. The molecule has 2 N–H and O–H groups in total. The van der Waals surface area contributed by atoms with Crippen molar-refractivity contribution in [3.63, 3.8) is 0 Å². The summed E-state index contributed by atoms with van der Waals surface area (Å²) in [5.41, 5.74) is 10.2. The molecule has 0 amide bonds. The molecule has 0 aliphatic heterocycles. The SMILES string of the molecule is [CH2-]C(C)Cc1cc(C(C)C)cn2cc(CN)nc12.[CH3-].[U+2]. The van der Waals surface area contributed by atoms with Crippen molar-refractivity contribution in [1.29, 1.82) is 0 Å². The van der Waals surface area contributed by atoms with Crippen LogP contribution in [0.15, 0.2) is 18.5 Å². The van der Waals surface area contributed by atoms with Crippen LogP contribution < -0.4 is 5.73 Å². The zero-order valence-corrected chi connectivity index (χ0v) is 17.1. The predicted molar refractivity (Wildman–Crippen MR) is 81.8 cm³/mol. The molecule has 0 saturated carbocycles. The fourth-order valence-electron chi connectivity index (χ4n) is 2.18. The molecule has 0 spiro atoms. The molecule has 0 bridgehead atoms. The summed E-state index contributed by atoms with van der Waals surface area (Å²) in [6.45, 7) is 11.1. The van der Waals surface area contributed by atoms with Gasteiger partial charge in [-0.05, 0) is 23.5 Å². The molecule has 2 aromatic rings. The van der Waals surface area contributed by atoms with Gasteiger partial charge in [0.15, 0.2) is 0 Å². The molecule has 0 fully saturated rings. The van der Waals surface area contributed by atoms with Gasteiger partial charge in [-0.2, -0.15) is 5.92 Å². The van der Waals surface area contributed by atoms with Crippen molar-refractivity contribution in [1.82, 2.24) is 9.38 Å². The maximum atomic E-state index is 5.67. The maximum Gasteiger partial charge on any atom is 2.00 e. The summed E-state index contributed by atoms with van der Waals surface area (Å²) in [6.07, 6.45) is 5.13. The minimum absolute atomic E-state index is 0. The zero-order chi connectivity index (χ0) is 13.3. The Bertz CT molecular complexity index is 544.